The molecule has 0 radical (unpaired) electrons. The third-order valence-electron chi connectivity index (χ3n) is 3.12. The fraction of sp³-hybridized carbons (Fsp3) is 0.533. The van der Waals surface area contributed by atoms with Crippen LogP contribution in [-0.4, -0.2) is 42.2 Å². The zero-order chi connectivity index (χ0) is 14.4. The molecule has 0 fully saturated rings. The maximum absolute atomic E-state index is 12.6. The van der Waals surface area contributed by atoms with Crippen LogP contribution in [0.4, 0.5) is 5.69 Å². The van der Waals surface area contributed by atoms with Gasteiger partial charge in [-0.1, -0.05) is 6.07 Å². The van der Waals surface area contributed by atoms with Crippen molar-refractivity contribution < 1.29 is 9.90 Å². The predicted molar refractivity (Wildman–Crippen MR) is 78.6 cm³/mol. The molecule has 0 aliphatic rings. The van der Waals surface area contributed by atoms with E-state index in [1.165, 1.54) is 0 Å². The molecule has 0 saturated carbocycles. The summed E-state index contributed by atoms with van der Waals surface area (Å²) in [7, 11) is 1.82. The van der Waals surface area contributed by atoms with Gasteiger partial charge in [-0.15, -0.1) is 0 Å². The molecule has 0 saturated heterocycles. The number of nitrogens with one attached hydrogen (secondary N) is 1. The summed E-state index contributed by atoms with van der Waals surface area (Å²) >= 11 is 0. The number of hydrogen-bond donors (Lipinski definition) is 2. The second kappa shape index (κ2) is 7.14. The Kier molecular flexibility index (Phi) is 5.83. The second-order valence-electron chi connectivity index (χ2n) is 4.97. The largest absolute Gasteiger partial charge is 0.396 e. The summed E-state index contributed by atoms with van der Waals surface area (Å²) in [5.74, 6) is 0.00722. The van der Waals surface area contributed by atoms with Crippen LogP contribution < -0.4 is 5.32 Å². The first-order chi connectivity index (χ1) is 9.01. The van der Waals surface area contributed by atoms with E-state index in [-0.39, 0.29) is 18.6 Å². The van der Waals surface area contributed by atoms with E-state index in [0.29, 0.717) is 18.5 Å². The molecule has 1 rings (SSSR count). The number of nitrogens with zero attached hydrogens (tertiary/aromatic N) is 1. The molecule has 1 aromatic rings. The number of aliphatic hydroxyl groups excluding tert-OH is 1. The highest BCUT2D eigenvalue weighted by atomic mass is 16.3. The summed E-state index contributed by atoms with van der Waals surface area (Å²) in [5.41, 5.74) is 2.65. The van der Waals surface area contributed by atoms with Gasteiger partial charge < -0.3 is 15.3 Å². The fourth-order valence-corrected chi connectivity index (χ4v) is 2.04. The lowest BCUT2D eigenvalue weighted by Crippen LogP contribution is -2.38. The molecular weight excluding hydrogens is 240 g/mol. The molecule has 2 N–H and O–H groups in total. The minimum absolute atomic E-state index is 0.00722. The van der Waals surface area contributed by atoms with E-state index >= 15 is 0 Å². The summed E-state index contributed by atoms with van der Waals surface area (Å²) in [4.78, 5) is 14.4. The first-order valence-electron chi connectivity index (χ1n) is 6.71. The molecule has 4 heteroatoms. The lowest BCUT2D eigenvalue weighted by molar-refractivity contribution is 0.0694. The summed E-state index contributed by atoms with van der Waals surface area (Å²) in [5, 5.41) is 12.0. The number of aliphatic hydroxyl groups is 1. The van der Waals surface area contributed by atoms with Gasteiger partial charge in [0.2, 0.25) is 0 Å². The predicted octanol–water partition coefficient (Wildman–Crippen LogP) is 2.27. The molecule has 0 bridgehead atoms. The Labute approximate surface area is 115 Å². The highest BCUT2D eigenvalue weighted by Crippen LogP contribution is 2.20. The van der Waals surface area contributed by atoms with Gasteiger partial charge in [-0.25, -0.2) is 0 Å². The van der Waals surface area contributed by atoms with E-state index < -0.39 is 0 Å². The highest BCUT2D eigenvalue weighted by Gasteiger charge is 2.20. The first kappa shape index (κ1) is 15.5. The minimum Gasteiger partial charge on any atom is -0.396 e. The van der Waals surface area contributed by atoms with Gasteiger partial charge in [0.05, 0.1) is 5.56 Å². The molecule has 0 spiro atoms. The number of aryl methyl sites for hydroxylation is 1. The van der Waals surface area contributed by atoms with E-state index in [1.807, 2.05) is 46.0 Å². The van der Waals surface area contributed by atoms with Crippen molar-refractivity contribution in [3.8, 4) is 0 Å². The molecule has 1 amide bonds. The van der Waals surface area contributed by atoms with Crippen molar-refractivity contribution in [2.75, 3.05) is 25.5 Å². The maximum Gasteiger partial charge on any atom is 0.256 e. The Balaban J connectivity index is 3.02. The van der Waals surface area contributed by atoms with Crippen LogP contribution in [-0.2, 0) is 0 Å². The van der Waals surface area contributed by atoms with Crippen LogP contribution in [0.25, 0.3) is 0 Å². The molecule has 0 aliphatic heterocycles. The van der Waals surface area contributed by atoms with Crippen molar-refractivity contribution in [1.82, 2.24) is 4.90 Å². The fourth-order valence-electron chi connectivity index (χ4n) is 2.04. The summed E-state index contributed by atoms with van der Waals surface area (Å²) in [6.07, 6.45) is 0.602. The Morgan fingerprint density at radius 3 is 2.63 bits per heavy atom. The lowest BCUT2D eigenvalue weighted by Gasteiger charge is -2.27. The molecule has 0 aliphatic carbocycles. The highest BCUT2D eigenvalue weighted by molar-refractivity contribution is 5.99. The zero-order valence-corrected chi connectivity index (χ0v) is 12.2. The molecule has 1 aromatic carbocycles. The van der Waals surface area contributed by atoms with Gasteiger partial charge in [-0.2, -0.15) is 0 Å². The minimum atomic E-state index is 0.00722. The average Bonchev–Trinajstić information content (AvgIpc) is 2.38. The SMILES string of the molecule is CNc1cc(C)ccc1C(=O)N(CCCO)C(C)C. The molecule has 0 unspecified atom stereocenters. The Bertz CT molecular complexity index is 430. The van der Waals surface area contributed by atoms with E-state index in [9.17, 15) is 4.79 Å². The van der Waals surface area contributed by atoms with Crippen LogP contribution >= 0.6 is 0 Å². The smallest absolute Gasteiger partial charge is 0.256 e. The van der Waals surface area contributed by atoms with Crippen LogP contribution in [0.1, 0.15) is 36.2 Å². The van der Waals surface area contributed by atoms with E-state index in [4.69, 9.17) is 5.11 Å². The number of rotatable bonds is 6. The molecule has 0 aromatic heterocycles. The number of carbonyl (C=O) groups is 1. The topological polar surface area (TPSA) is 52.6 Å². The van der Waals surface area contributed by atoms with Crippen molar-refractivity contribution >= 4 is 11.6 Å². The van der Waals surface area contributed by atoms with Crippen LogP contribution in [0, 0.1) is 6.92 Å². The number of anilines is 1. The molecule has 4 nitrogen and oxygen atoms in total. The quantitative estimate of drug-likeness (QED) is 0.828. The van der Waals surface area contributed by atoms with Crippen LogP contribution in [0.2, 0.25) is 0 Å². The molecule has 19 heavy (non-hydrogen) atoms. The van der Waals surface area contributed by atoms with Gasteiger partial charge in [0.15, 0.2) is 0 Å². The number of amides is 1. The van der Waals surface area contributed by atoms with E-state index in [1.54, 1.807) is 4.90 Å². The number of hydrogen-bond acceptors (Lipinski definition) is 3. The Morgan fingerprint density at radius 1 is 1.42 bits per heavy atom. The van der Waals surface area contributed by atoms with Crippen molar-refractivity contribution in [2.24, 2.45) is 0 Å². The summed E-state index contributed by atoms with van der Waals surface area (Å²) < 4.78 is 0. The van der Waals surface area contributed by atoms with Crippen molar-refractivity contribution in [3.05, 3.63) is 29.3 Å². The van der Waals surface area contributed by atoms with Crippen molar-refractivity contribution in [1.29, 1.82) is 0 Å². The zero-order valence-electron chi connectivity index (χ0n) is 12.2. The monoisotopic (exact) mass is 264 g/mol. The van der Waals surface area contributed by atoms with E-state index in [2.05, 4.69) is 5.32 Å². The normalized spacial score (nSPS) is 10.6. The Morgan fingerprint density at radius 2 is 2.11 bits per heavy atom. The maximum atomic E-state index is 12.6. The van der Waals surface area contributed by atoms with Crippen molar-refractivity contribution in [2.45, 2.75) is 33.2 Å². The van der Waals surface area contributed by atoms with Crippen LogP contribution in [0.3, 0.4) is 0 Å². The number of carbonyl (C=O) groups excluding carboxylic acids is 1. The molecule has 0 atom stereocenters. The van der Waals surface area contributed by atoms with Gasteiger partial charge in [0.25, 0.3) is 5.91 Å². The van der Waals surface area contributed by atoms with Crippen LogP contribution in [0.15, 0.2) is 18.2 Å². The van der Waals surface area contributed by atoms with Crippen LogP contribution in [0.5, 0.6) is 0 Å². The van der Waals surface area contributed by atoms with Gasteiger partial charge in [-0.3, -0.25) is 4.79 Å². The summed E-state index contributed by atoms with van der Waals surface area (Å²) in [6.45, 7) is 6.65. The lowest BCUT2D eigenvalue weighted by atomic mass is 10.1. The molecule has 106 valence electrons. The average molecular weight is 264 g/mol. The third kappa shape index (κ3) is 3.96. The van der Waals surface area contributed by atoms with Gasteiger partial charge >= 0.3 is 0 Å². The van der Waals surface area contributed by atoms with Gasteiger partial charge in [-0.05, 0) is 44.9 Å². The summed E-state index contributed by atoms with van der Waals surface area (Å²) in [6, 6.07) is 5.89. The van der Waals surface area contributed by atoms with E-state index in [0.717, 1.165) is 11.3 Å². The second-order valence-corrected chi connectivity index (χ2v) is 4.97. The number of benzene rings is 1. The molecule has 0 heterocycles. The third-order valence-corrected chi connectivity index (χ3v) is 3.12. The van der Waals surface area contributed by atoms with Gasteiger partial charge in [0, 0.05) is 31.9 Å². The Hall–Kier alpha value is -1.55. The van der Waals surface area contributed by atoms with Crippen molar-refractivity contribution in [3.63, 3.8) is 0 Å². The molecular formula is C15H24N2O2. The standard InChI is InChI=1S/C15H24N2O2/c1-11(2)17(8-5-9-18)15(19)13-7-6-12(3)10-14(13)16-4/h6-7,10-11,16,18H,5,8-9H2,1-4H3. The first-order valence-corrected chi connectivity index (χ1v) is 6.71. The van der Waals surface area contributed by atoms with Gasteiger partial charge in [0.1, 0.15) is 0 Å².